The number of rotatable bonds is 4. The third kappa shape index (κ3) is 3.36. The number of nitrogens with one attached hydrogen (secondary N) is 1. The van der Waals surface area contributed by atoms with Gasteiger partial charge in [-0.3, -0.25) is 0 Å². The van der Waals surface area contributed by atoms with Crippen molar-refractivity contribution in [1.82, 2.24) is 5.32 Å². The molecule has 0 aromatic rings. The number of aliphatic hydroxyl groups excluding tert-OH is 3. The summed E-state index contributed by atoms with van der Waals surface area (Å²) in [7, 11) is 1.67. The van der Waals surface area contributed by atoms with Gasteiger partial charge >= 0.3 is 0 Å². The largest absolute Gasteiger partial charge is 0.501 e. The summed E-state index contributed by atoms with van der Waals surface area (Å²) >= 11 is 0. The Bertz CT molecular complexity index is 531. The van der Waals surface area contributed by atoms with E-state index in [1.807, 2.05) is 12.2 Å². The number of ether oxygens (including phenoxy) is 2. The molecule has 0 bridgehead atoms. The Kier molecular flexibility index (Phi) is 4.89. The number of methoxy groups -OCH3 is 1. The van der Waals surface area contributed by atoms with Crippen molar-refractivity contribution in [2.75, 3.05) is 20.3 Å². The lowest BCUT2D eigenvalue weighted by Gasteiger charge is -2.36. The highest BCUT2D eigenvalue weighted by Crippen LogP contribution is 2.32. The normalized spacial score (nSPS) is 36.3. The van der Waals surface area contributed by atoms with E-state index < -0.39 is 18.2 Å². The van der Waals surface area contributed by atoms with Crippen LogP contribution in [0, 0.1) is 5.92 Å². The fourth-order valence-corrected chi connectivity index (χ4v) is 3.30. The molecule has 0 amide bonds. The SMILES string of the molecule is COC1=CC=C(CNC2=N[C@@H]3[C@@H](O)[C@H](O)[C@@H](CO)C[C@@H]3O2)CC1. The highest BCUT2D eigenvalue weighted by molar-refractivity contribution is 5.76. The average Bonchev–Trinajstić information content (AvgIpc) is 3.00. The van der Waals surface area contributed by atoms with Crippen LogP contribution >= 0.6 is 0 Å². The Labute approximate surface area is 135 Å². The van der Waals surface area contributed by atoms with Crippen LogP contribution in [0.2, 0.25) is 0 Å². The van der Waals surface area contributed by atoms with E-state index in [0.717, 1.165) is 18.6 Å². The fourth-order valence-electron chi connectivity index (χ4n) is 3.30. The molecule has 128 valence electrons. The van der Waals surface area contributed by atoms with Crippen LogP contribution in [0.25, 0.3) is 0 Å². The fraction of sp³-hybridized carbons (Fsp3) is 0.688. The Morgan fingerprint density at radius 1 is 1.30 bits per heavy atom. The molecule has 2 aliphatic carbocycles. The van der Waals surface area contributed by atoms with Crippen molar-refractivity contribution in [3.05, 3.63) is 23.5 Å². The number of aliphatic imine (C=N–C) groups is 1. The van der Waals surface area contributed by atoms with Crippen LogP contribution in [0.15, 0.2) is 28.5 Å². The highest BCUT2D eigenvalue weighted by Gasteiger charge is 2.47. The number of amidine groups is 1. The van der Waals surface area contributed by atoms with Crippen molar-refractivity contribution in [2.45, 2.75) is 43.6 Å². The van der Waals surface area contributed by atoms with Crippen LogP contribution in [0.5, 0.6) is 0 Å². The summed E-state index contributed by atoms with van der Waals surface area (Å²) in [5.41, 5.74) is 1.22. The van der Waals surface area contributed by atoms with Gasteiger partial charge in [0.2, 0.25) is 0 Å². The smallest absolute Gasteiger partial charge is 0.285 e. The lowest BCUT2D eigenvalue weighted by molar-refractivity contribution is -0.0948. The zero-order valence-electron chi connectivity index (χ0n) is 13.2. The average molecular weight is 324 g/mol. The van der Waals surface area contributed by atoms with Gasteiger partial charge in [0.05, 0.1) is 19.0 Å². The molecule has 23 heavy (non-hydrogen) atoms. The summed E-state index contributed by atoms with van der Waals surface area (Å²) in [5.74, 6) is 0.598. The van der Waals surface area contributed by atoms with Crippen molar-refractivity contribution >= 4 is 6.02 Å². The number of fused-ring (bicyclic) bond motifs is 1. The quantitative estimate of drug-likeness (QED) is 0.565. The number of nitrogens with zero attached hydrogens (tertiary/aromatic N) is 1. The molecule has 1 fully saturated rings. The first-order valence-electron chi connectivity index (χ1n) is 8.00. The van der Waals surface area contributed by atoms with Gasteiger partial charge in [0, 0.05) is 25.5 Å². The summed E-state index contributed by atoms with van der Waals surface area (Å²) < 4.78 is 10.9. The first-order chi connectivity index (χ1) is 11.1. The summed E-state index contributed by atoms with van der Waals surface area (Å²) in [6, 6.07) is -0.0807. The van der Waals surface area contributed by atoms with Crippen LogP contribution in [0.4, 0.5) is 0 Å². The maximum Gasteiger partial charge on any atom is 0.285 e. The molecule has 1 heterocycles. The van der Waals surface area contributed by atoms with Crippen molar-refractivity contribution < 1.29 is 24.8 Å². The molecule has 3 rings (SSSR count). The first kappa shape index (κ1) is 16.3. The van der Waals surface area contributed by atoms with Gasteiger partial charge in [-0.2, -0.15) is 0 Å². The van der Waals surface area contributed by atoms with E-state index >= 15 is 0 Å². The van der Waals surface area contributed by atoms with Crippen LogP contribution in [-0.2, 0) is 9.47 Å². The number of allylic oxidation sites excluding steroid dienone is 3. The van der Waals surface area contributed by atoms with Crippen LogP contribution in [-0.4, -0.2) is 66.0 Å². The number of hydrogen-bond acceptors (Lipinski definition) is 7. The summed E-state index contributed by atoms with van der Waals surface area (Å²) in [4.78, 5) is 4.35. The molecule has 1 saturated carbocycles. The second kappa shape index (κ2) is 6.90. The van der Waals surface area contributed by atoms with Crippen LogP contribution < -0.4 is 5.32 Å². The third-order valence-corrected chi connectivity index (χ3v) is 4.79. The topological polar surface area (TPSA) is 104 Å². The first-order valence-corrected chi connectivity index (χ1v) is 8.00. The minimum atomic E-state index is -1.01. The molecule has 0 unspecified atom stereocenters. The molecule has 3 aliphatic rings. The molecule has 1 aliphatic heterocycles. The Morgan fingerprint density at radius 2 is 2.13 bits per heavy atom. The van der Waals surface area contributed by atoms with E-state index in [-0.39, 0.29) is 18.6 Å². The Balaban J connectivity index is 1.57. The lowest BCUT2D eigenvalue weighted by Crippen LogP contribution is -2.52. The molecule has 7 heteroatoms. The molecule has 5 atom stereocenters. The van der Waals surface area contributed by atoms with Crippen LogP contribution in [0.3, 0.4) is 0 Å². The van der Waals surface area contributed by atoms with Gasteiger partial charge in [0.25, 0.3) is 6.02 Å². The van der Waals surface area contributed by atoms with E-state index in [0.29, 0.717) is 19.0 Å². The number of aliphatic hydroxyl groups is 3. The second-order valence-electron chi connectivity index (χ2n) is 6.26. The van der Waals surface area contributed by atoms with Gasteiger partial charge in [-0.25, -0.2) is 4.99 Å². The van der Waals surface area contributed by atoms with Gasteiger partial charge in [-0.15, -0.1) is 0 Å². The molecule has 7 nitrogen and oxygen atoms in total. The summed E-state index contributed by atoms with van der Waals surface area (Å²) in [5, 5.41) is 32.5. The molecule has 0 spiro atoms. The van der Waals surface area contributed by atoms with Gasteiger partial charge in [0.15, 0.2) is 0 Å². The van der Waals surface area contributed by atoms with Crippen molar-refractivity contribution in [1.29, 1.82) is 0 Å². The standard InChI is InChI=1S/C16H24N2O5/c1-22-11-4-2-9(3-5-11)7-17-16-18-13-12(23-16)6-10(8-19)14(20)15(13)21/h2,4,10,12-15,19-21H,3,5-8H2,1H3,(H,17,18)/t10-,12+,13+,14-,15-/m1/s1. The summed E-state index contributed by atoms with van der Waals surface area (Å²) in [6.45, 7) is 0.447. The lowest BCUT2D eigenvalue weighted by atomic mass is 9.80. The zero-order chi connectivity index (χ0) is 16.4. The van der Waals surface area contributed by atoms with Crippen molar-refractivity contribution in [3.8, 4) is 0 Å². The van der Waals surface area contributed by atoms with Crippen molar-refractivity contribution in [2.24, 2.45) is 10.9 Å². The minimum absolute atomic E-state index is 0.172. The molecule has 0 saturated heterocycles. The van der Waals surface area contributed by atoms with Crippen LogP contribution in [0.1, 0.15) is 19.3 Å². The monoisotopic (exact) mass is 324 g/mol. The van der Waals surface area contributed by atoms with E-state index in [4.69, 9.17) is 9.47 Å². The predicted molar refractivity (Wildman–Crippen MR) is 83.7 cm³/mol. The molecule has 4 N–H and O–H groups in total. The van der Waals surface area contributed by atoms with E-state index in [1.54, 1.807) is 7.11 Å². The van der Waals surface area contributed by atoms with Gasteiger partial charge in [-0.1, -0.05) is 11.6 Å². The highest BCUT2D eigenvalue weighted by atomic mass is 16.5. The minimum Gasteiger partial charge on any atom is -0.501 e. The molecular weight excluding hydrogens is 300 g/mol. The van der Waals surface area contributed by atoms with Gasteiger partial charge in [0.1, 0.15) is 18.2 Å². The van der Waals surface area contributed by atoms with E-state index in [9.17, 15) is 15.3 Å². The molecule has 0 aromatic heterocycles. The molecule has 0 radical (unpaired) electrons. The van der Waals surface area contributed by atoms with E-state index in [1.165, 1.54) is 5.57 Å². The summed E-state index contributed by atoms with van der Waals surface area (Å²) in [6.07, 6.45) is 4.00. The third-order valence-electron chi connectivity index (χ3n) is 4.79. The van der Waals surface area contributed by atoms with E-state index in [2.05, 4.69) is 10.3 Å². The Morgan fingerprint density at radius 3 is 2.78 bits per heavy atom. The van der Waals surface area contributed by atoms with Crippen molar-refractivity contribution in [3.63, 3.8) is 0 Å². The number of hydrogen-bond donors (Lipinski definition) is 4. The maximum absolute atomic E-state index is 10.1. The maximum atomic E-state index is 10.1. The zero-order valence-corrected chi connectivity index (χ0v) is 13.2. The van der Waals surface area contributed by atoms with Gasteiger partial charge < -0.3 is 30.1 Å². The van der Waals surface area contributed by atoms with Gasteiger partial charge in [-0.05, 0) is 18.9 Å². The Hall–Kier alpha value is -1.57. The molecular formula is C16H24N2O5. The second-order valence-corrected chi connectivity index (χ2v) is 6.26. The predicted octanol–water partition coefficient (Wildman–Crippen LogP) is -0.316. The molecule has 0 aromatic carbocycles.